The number of anilines is 2. The van der Waals surface area contributed by atoms with Crippen molar-refractivity contribution in [3.8, 4) is 5.75 Å². The Bertz CT molecular complexity index is 915. The summed E-state index contributed by atoms with van der Waals surface area (Å²) in [7, 11) is 1.60. The van der Waals surface area contributed by atoms with Gasteiger partial charge in [0, 0.05) is 23.3 Å². The minimum Gasteiger partial charge on any atom is -0.495 e. The standard InChI is InChI=1S/C20H18ClN3O2/c1-26-18-9-5-4-8-17(18)24-19-12-14(10-11-22-19)20(25)23-13-15-6-2-3-7-16(15)21/h2-12H,13H2,1H3,(H,22,24)(H,23,25). The van der Waals surface area contributed by atoms with Crippen molar-refractivity contribution in [2.24, 2.45) is 0 Å². The molecule has 0 aliphatic heterocycles. The second-order valence-corrected chi connectivity index (χ2v) is 5.94. The highest BCUT2D eigenvalue weighted by molar-refractivity contribution is 6.31. The lowest BCUT2D eigenvalue weighted by atomic mass is 10.2. The lowest BCUT2D eigenvalue weighted by Crippen LogP contribution is -2.23. The van der Waals surface area contributed by atoms with E-state index in [2.05, 4.69) is 15.6 Å². The van der Waals surface area contributed by atoms with Crippen molar-refractivity contribution >= 4 is 29.0 Å². The average molecular weight is 368 g/mol. The summed E-state index contributed by atoms with van der Waals surface area (Å²) in [6.45, 7) is 0.357. The molecule has 0 fully saturated rings. The highest BCUT2D eigenvalue weighted by Crippen LogP contribution is 2.26. The molecule has 1 heterocycles. The molecule has 0 atom stereocenters. The second kappa shape index (κ2) is 8.36. The molecule has 1 aromatic heterocycles. The van der Waals surface area contributed by atoms with Crippen molar-refractivity contribution < 1.29 is 9.53 Å². The molecule has 2 N–H and O–H groups in total. The van der Waals surface area contributed by atoms with Gasteiger partial charge in [-0.15, -0.1) is 0 Å². The molecule has 1 amide bonds. The van der Waals surface area contributed by atoms with Crippen LogP contribution in [-0.4, -0.2) is 18.0 Å². The zero-order valence-corrected chi connectivity index (χ0v) is 15.0. The molecule has 6 heteroatoms. The highest BCUT2D eigenvalue weighted by Gasteiger charge is 2.09. The summed E-state index contributed by atoms with van der Waals surface area (Å²) in [5, 5.41) is 6.66. The Morgan fingerprint density at radius 1 is 1.12 bits per heavy atom. The molecule has 0 saturated carbocycles. The maximum Gasteiger partial charge on any atom is 0.251 e. The zero-order valence-electron chi connectivity index (χ0n) is 14.2. The predicted molar refractivity (Wildman–Crippen MR) is 103 cm³/mol. The fraction of sp³-hybridized carbons (Fsp3) is 0.100. The van der Waals surface area contributed by atoms with E-state index in [1.54, 1.807) is 31.5 Å². The van der Waals surface area contributed by atoms with Gasteiger partial charge in [-0.25, -0.2) is 4.98 Å². The Kier molecular flexibility index (Phi) is 5.71. The Labute approximate surface area is 157 Å². The summed E-state index contributed by atoms with van der Waals surface area (Å²) in [6, 6.07) is 18.3. The number of benzene rings is 2. The molecule has 0 aliphatic rings. The van der Waals surface area contributed by atoms with Crippen LogP contribution in [0.3, 0.4) is 0 Å². The van der Waals surface area contributed by atoms with Crippen LogP contribution in [0.5, 0.6) is 5.75 Å². The summed E-state index contributed by atoms with van der Waals surface area (Å²) in [5.41, 5.74) is 2.14. The third kappa shape index (κ3) is 4.32. The first-order valence-electron chi connectivity index (χ1n) is 8.05. The van der Waals surface area contributed by atoms with Gasteiger partial charge in [-0.1, -0.05) is 41.9 Å². The van der Waals surface area contributed by atoms with Crippen molar-refractivity contribution in [2.75, 3.05) is 12.4 Å². The number of aromatic nitrogens is 1. The van der Waals surface area contributed by atoms with Crippen LogP contribution in [0.15, 0.2) is 66.9 Å². The zero-order chi connectivity index (χ0) is 18.4. The van der Waals surface area contributed by atoms with Gasteiger partial charge in [0.1, 0.15) is 11.6 Å². The summed E-state index contributed by atoms with van der Waals surface area (Å²) in [5.74, 6) is 1.05. The molecule has 0 aliphatic carbocycles. The first-order valence-corrected chi connectivity index (χ1v) is 8.43. The van der Waals surface area contributed by atoms with E-state index < -0.39 is 0 Å². The number of ether oxygens (including phenoxy) is 1. The number of hydrogen-bond acceptors (Lipinski definition) is 4. The number of methoxy groups -OCH3 is 1. The SMILES string of the molecule is COc1ccccc1Nc1cc(C(=O)NCc2ccccc2Cl)ccn1. The van der Waals surface area contributed by atoms with Crippen molar-refractivity contribution in [3.05, 3.63) is 83.0 Å². The smallest absolute Gasteiger partial charge is 0.251 e. The molecule has 2 aromatic carbocycles. The number of halogens is 1. The molecule has 0 bridgehead atoms. The average Bonchev–Trinajstić information content (AvgIpc) is 2.68. The maximum absolute atomic E-state index is 12.4. The summed E-state index contributed by atoms with van der Waals surface area (Å²) in [6.07, 6.45) is 1.59. The lowest BCUT2D eigenvalue weighted by Gasteiger charge is -2.11. The van der Waals surface area contributed by atoms with Gasteiger partial charge in [-0.05, 0) is 35.9 Å². The summed E-state index contributed by atoms with van der Waals surface area (Å²) in [4.78, 5) is 16.7. The molecule has 0 spiro atoms. The number of pyridine rings is 1. The van der Waals surface area contributed by atoms with Crippen molar-refractivity contribution in [1.29, 1.82) is 0 Å². The number of hydrogen-bond donors (Lipinski definition) is 2. The normalized spacial score (nSPS) is 10.2. The van der Waals surface area contributed by atoms with E-state index in [9.17, 15) is 4.79 Å². The van der Waals surface area contributed by atoms with Crippen molar-refractivity contribution in [3.63, 3.8) is 0 Å². The van der Waals surface area contributed by atoms with Gasteiger partial charge >= 0.3 is 0 Å². The molecular weight excluding hydrogens is 350 g/mol. The van der Waals surface area contributed by atoms with E-state index in [1.165, 1.54) is 0 Å². The fourth-order valence-electron chi connectivity index (χ4n) is 2.45. The molecule has 5 nitrogen and oxygen atoms in total. The summed E-state index contributed by atoms with van der Waals surface area (Å²) >= 11 is 6.11. The number of nitrogens with one attached hydrogen (secondary N) is 2. The number of carbonyl (C=O) groups excluding carboxylic acids is 1. The monoisotopic (exact) mass is 367 g/mol. The van der Waals surface area contributed by atoms with E-state index >= 15 is 0 Å². The van der Waals surface area contributed by atoms with Gasteiger partial charge in [0.2, 0.25) is 0 Å². The molecule has 3 rings (SSSR count). The lowest BCUT2D eigenvalue weighted by molar-refractivity contribution is 0.0951. The minimum absolute atomic E-state index is 0.199. The van der Waals surface area contributed by atoms with Crippen LogP contribution < -0.4 is 15.4 Å². The van der Waals surface area contributed by atoms with Crippen LogP contribution in [-0.2, 0) is 6.54 Å². The minimum atomic E-state index is -0.199. The van der Waals surface area contributed by atoms with Crippen LogP contribution >= 0.6 is 11.6 Å². The van der Waals surface area contributed by atoms with Crippen molar-refractivity contribution in [2.45, 2.75) is 6.54 Å². The van der Waals surface area contributed by atoms with E-state index in [0.29, 0.717) is 28.7 Å². The summed E-state index contributed by atoms with van der Waals surface area (Å²) < 4.78 is 5.31. The Hall–Kier alpha value is -3.05. The van der Waals surface area contributed by atoms with Crippen LogP contribution in [0, 0.1) is 0 Å². The maximum atomic E-state index is 12.4. The topological polar surface area (TPSA) is 63.2 Å². The number of para-hydroxylation sites is 2. The Morgan fingerprint density at radius 2 is 1.88 bits per heavy atom. The third-order valence-corrected chi connectivity index (χ3v) is 4.16. The highest BCUT2D eigenvalue weighted by atomic mass is 35.5. The first-order chi connectivity index (χ1) is 12.7. The molecule has 0 radical (unpaired) electrons. The van der Waals surface area contributed by atoms with E-state index in [-0.39, 0.29) is 5.91 Å². The number of carbonyl (C=O) groups is 1. The molecular formula is C20H18ClN3O2. The molecule has 26 heavy (non-hydrogen) atoms. The largest absolute Gasteiger partial charge is 0.495 e. The van der Waals surface area contributed by atoms with Gasteiger partial charge in [0.05, 0.1) is 12.8 Å². The molecule has 3 aromatic rings. The third-order valence-electron chi connectivity index (χ3n) is 3.79. The quantitative estimate of drug-likeness (QED) is 0.677. The van der Waals surface area contributed by atoms with Gasteiger partial charge in [0.15, 0.2) is 0 Å². The predicted octanol–water partition coefficient (Wildman–Crippen LogP) is 4.42. The number of amides is 1. The molecule has 132 valence electrons. The van der Waals surface area contributed by atoms with Gasteiger partial charge < -0.3 is 15.4 Å². The fourth-order valence-corrected chi connectivity index (χ4v) is 2.65. The number of rotatable bonds is 6. The van der Waals surface area contributed by atoms with Crippen molar-refractivity contribution in [1.82, 2.24) is 10.3 Å². The Balaban J connectivity index is 1.70. The van der Waals surface area contributed by atoms with Crippen LogP contribution in [0.1, 0.15) is 15.9 Å². The second-order valence-electron chi connectivity index (χ2n) is 5.53. The first kappa shape index (κ1) is 17.8. The van der Waals surface area contributed by atoms with Gasteiger partial charge in [0.25, 0.3) is 5.91 Å². The molecule has 0 saturated heterocycles. The van der Waals surface area contributed by atoms with Gasteiger partial charge in [-0.2, -0.15) is 0 Å². The van der Waals surface area contributed by atoms with E-state index in [0.717, 1.165) is 11.3 Å². The van der Waals surface area contributed by atoms with E-state index in [1.807, 2.05) is 42.5 Å². The van der Waals surface area contributed by atoms with E-state index in [4.69, 9.17) is 16.3 Å². The van der Waals surface area contributed by atoms with Gasteiger partial charge in [-0.3, -0.25) is 4.79 Å². The Morgan fingerprint density at radius 3 is 2.69 bits per heavy atom. The van der Waals surface area contributed by atoms with Crippen LogP contribution in [0.2, 0.25) is 5.02 Å². The molecule has 0 unspecified atom stereocenters. The van der Waals surface area contributed by atoms with Crippen LogP contribution in [0.4, 0.5) is 11.5 Å². The number of nitrogens with zero attached hydrogens (tertiary/aromatic N) is 1. The van der Waals surface area contributed by atoms with Crippen LogP contribution in [0.25, 0.3) is 0 Å².